The molecule has 104 valence electrons. The van der Waals surface area contributed by atoms with Crippen LogP contribution >= 0.6 is 0 Å². The summed E-state index contributed by atoms with van der Waals surface area (Å²) in [6, 6.07) is 5.70. The predicted molar refractivity (Wildman–Crippen MR) is 74.8 cm³/mol. The van der Waals surface area contributed by atoms with E-state index in [4.69, 9.17) is 9.84 Å². The first-order valence-electron chi connectivity index (χ1n) is 6.75. The zero-order valence-electron chi connectivity index (χ0n) is 11.5. The summed E-state index contributed by atoms with van der Waals surface area (Å²) in [5.41, 5.74) is 2.18. The molecule has 0 aliphatic carbocycles. The monoisotopic (exact) mass is 263 g/mol. The molecule has 2 rings (SSSR count). The molecule has 0 saturated carbocycles. The predicted octanol–water partition coefficient (Wildman–Crippen LogP) is 2.92. The van der Waals surface area contributed by atoms with Crippen LogP contribution in [0.1, 0.15) is 35.7 Å². The molecule has 1 aromatic carbocycles. The Bertz CT molecular complexity index is 453. The lowest BCUT2D eigenvalue weighted by atomic mass is 9.92. The Kier molecular flexibility index (Phi) is 4.43. The number of rotatable bonds is 4. The normalized spacial score (nSPS) is 18.0. The molecule has 0 spiro atoms. The summed E-state index contributed by atoms with van der Waals surface area (Å²) in [6.07, 6.45) is 2.12. The van der Waals surface area contributed by atoms with Crippen molar-refractivity contribution in [2.24, 2.45) is 5.92 Å². The molecule has 4 nitrogen and oxygen atoms in total. The molecule has 1 heterocycles. The Hall–Kier alpha value is -1.55. The Balaban J connectivity index is 2.07. The van der Waals surface area contributed by atoms with Gasteiger partial charge in [-0.1, -0.05) is 0 Å². The van der Waals surface area contributed by atoms with Gasteiger partial charge in [0.15, 0.2) is 0 Å². The second-order valence-electron chi connectivity index (χ2n) is 5.28. The van der Waals surface area contributed by atoms with Crippen molar-refractivity contribution < 1.29 is 14.6 Å². The number of aromatic carboxylic acids is 1. The van der Waals surface area contributed by atoms with Gasteiger partial charge in [-0.15, -0.1) is 0 Å². The van der Waals surface area contributed by atoms with Crippen LogP contribution < -0.4 is 5.32 Å². The number of hydrogen-bond acceptors (Lipinski definition) is 3. The lowest BCUT2D eigenvalue weighted by Crippen LogP contribution is -2.31. The first-order chi connectivity index (χ1) is 9.06. The van der Waals surface area contributed by atoms with Crippen LogP contribution in [0.2, 0.25) is 0 Å². The number of ether oxygens (including phenoxy) is 1. The minimum absolute atomic E-state index is 0.326. The number of aryl methyl sites for hydroxylation is 1. The van der Waals surface area contributed by atoms with E-state index in [1.165, 1.54) is 0 Å². The lowest BCUT2D eigenvalue weighted by Gasteiger charge is -2.29. The van der Waals surface area contributed by atoms with Crippen LogP contribution in [0, 0.1) is 12.8 Å². The number of benzene rings is 1. The van der Waals surface area contributed by atoms with E-state index in [1.54, 1.807) is 12.1 Å². The summed E-state index contributed by atoms with van der Waals surface area (Å²) in [7, 11) is 0. The summed E-state index contributed by atoms with van der Waals surface area (Å²) in [5.74, 6) is -0.298. The number of carboxylic acid groups (broad SMARTS) is 1. The van der Waals surface area contributed by atoms with Crippen LogP contribution in [0.5, 0.6) is 0 Å². The van der Waals surface area contributed by atoms with E-state index in [0.717, 1.165) is 37.3 Å². The third-order valence-corrected chi connectivity index (χ3v) is 3.69. The maximum atomic E-state index is 11.0. The second-order valence-corrected chi connectivity index (χ2v) is 5.28. The number of carboxylic acids is 1. The van der Waals surface area contributed by atoms with Gasteiger partial charge < -0.3 is 15.2 Å². The summed E-state index contributed by atoms with van der Waals surface area (Å²) >= 11 is 0. The van der Waals surface area contributed by atoms with Crippen LogP contribution in [0.4, 0.5) is 5.69 Å². The third-order valence-electron chi connectivity index (χ3n) is 3.69. The van der Waals surface area contributed by atoms with Gasteiger partial charge in [0.05, 0.1) is 5.56 Å². The molecular weight excluding hydrogens is 242 g/mol. The van der Waals surface area contributed by atoms with Crippen molar-refractivity contribution in [3.63, 3.8) is 0 Å². The van der Waals surface area contributed by atoms with Gasteiger partial charge in [0, 0.05) is 24.9 Å². The van der Waals surface area contributed by atoms with E-state index >= 15 is 0 Å². The highest BCUT2D eigenvalue weighted by molar-refractivity contribution is 5.89. The molecule has 0 radical (unpaired) electrons. The minimum atomic E-state index is -0.884. The Labute approximate surface area is 113 Å². The minimum Gasteiger partial charge on any atom is -0.478 e. The van der Waals surface area contributed by atoms with Gasteiger partial charge in [0.1, 0.15) is 0 Å². The molecular formula is C15H21NO3. The van der Waals surface area contributed by atoms with E-state index in [-0.39, 0.29) is 0 Å². The Morgan fingerprint density at radius 3 is 2.68 bits per heavy atom. The van der Waals surface area contributed by atoms with Crippen molar-refractivity contribution in [2.75, 3.05) is 18.5 Å². The Morgan fingerprint density at radius 1 is 1.37 bits per heavy atom. The van der Waals surface area contributed by atoms with Crippen molar-refractivity contribution in [3.05, 3.63) is 29.3 Å². The van der Waals surface area contributed by atoms with Crippen molar-refractivity contribution in [3.8, 4) is 0 Å². The highest BCUT2D eigenvalue weighted by atomic mass is 16.5. The molecule has 1 aliphatic heterocycles. The fourth-order valence-corrected chi connectivity index (χ4v) is 2.59. The molecule has 4 heteroatoms. The molecule has 0 bridgehead atoms. The first-order valence-corrected chi connectivity index (χ1v) is 6.75. The van der Waals surface area contributed by atoms with Gasteiger partial charge in [0.2, 0.25) is 0 Å². The SMILES string of the molecule is Cc1cc(NC(C)C2CCOCC2)cc(C(=O)O)c1. The van der Waals surface area contributed by atoms with Crippen LogP contribution in [-0.2, 0) is 4.74 Å². The quantitative estimate of drug-likeness (QED) is 0.877. The first kappa shape index (κ1) is 13.9. The van der Waals surface area contributed by atoms with E-state index in [9.17, 15) is 4.79 Å². The molecule has 1 aromatic rings. The standard InChI is InChI=1S/C15H21NO3/c1-10-7-13(15(17)18)9-14(8-10)16-11(2)12-3-5-19-6-4-12/h7-9,11-12,16H,3-6H2,1-2H3,(H,17,18). The molecule has 1 atom stereocenters. The summed E-state index contributed by atoms with van der Waals surface area (Å²) < 4.78 is 5.36. The zero-order valence-corrected chi connectivity index (χ0v) is 11.5. The van der Waals surface area contributed by atoms with E-state index in [0.29, 0.717) is 17.5 Å². The van der Waals surface area contributed by atoms with E-state index in [1.807, 2.05) is 13.0 Å². The fraction of sp³-hybridized carbons (Fsp3) is 0.533. The zero-order chi connectivity index (χ0) is 13.8. The van der Waals surface area contributed by atoms with Gasteiger partial charge in [-0.2, -0.15) is 0 Å². The second kappa shape index (κ2) is 6.06. The van der Waals surface area contributed by atoms with Gasteiger partial charge in [-0.05, 0) is 56.4 Å². The average molecular weight is 263 g/mol. The van der Waals surface area contributed by atoms with Crippen LogP contribution in [0.25, 0.3) is 0 Å². The lowest BCUT2D eigenvalue weighted by molar-refractivity contribution is 0.0622. The van der Waals surface area contributed by atoms with Gasteiger partial charge in [-0.25, -0.2) is 4.79 Å². The Morgan fingerprint density at radius 2 is 2.05 bits per heavy atom. The van der Waals surface area contributed by atoms with E-state index < -0.39 is 5.97 Å². The molecule has 2 N–H and O–H groups in total. The smallest absolute Gasteiger partial charge is 0.335 e. The van der Waals surface area contributed by atoms with Gasteiger partial charge in [-0.3, -0.25) is 0 Å². The molecule has 0 aromatic heterocycles. The summed E-state index contributed by atoms with van der Waals surface area (Å²) in [6.45, 7) is 5.71. The topological polar surface area (TPSA) is 58.6 Å². The summed E-state index contributed by atoms with van der Waals surface area (Å²) in [5, 5.41) is 12.5. The van der Waals surface area contributed by atoms with Crippen molar-refractivity contribution in [2.45, 2.75) is 32.7 Å². The maximum Gasteiger partial charge on any atom is 0.335 e. The van der Waals surface area contributed by atoms with Gasteiger partial charge >= 0.3 is 5.97 Å². The van der Waals surface area contributed by atoms with Gasteiger partial charge in [0.25, 0.3) is 0 Å². The number of carbonyl (C=O) groups is 1. The fourth-order valence-electron chi connectivity index (χ4n) is 2.59. The van der Waals surface area contributed by atoms with Crippen molar-refractivity contribution >= 4 is 11.7 Å². The molecule has 0 amide bonds. The number of hydrogen-bond donors (Lipinski definition) is 2. The van der Waals surface area contributed by atoms with Crippen molar-refractivity contribution in [1.29, 1.82) is 0 Å². The van der Waals surface area contributed by atoms with Crippen LogP contribution in [0.15, 0.2) is 18.2 Å². The molecule has 1 fully saturated rings. The highest BCUT2D eigenvalue weighted by Crippen LogP contribution is 2.23. The van der Waals surface area contributed by atoms with Crippen LogP contribution in [-0.4, -0.2) is 30.3 Å². The number of anilines is 1. The average Bonchev–Trinajstić information content (AvgIpc) is 2.39. The maximum absolute atomic E-state index is 11.0. The largest absolute Gasteiger partial charge is 0.478 e. The number of nitrogens with one attached hydrogen (secondary N) is 1. The summed E-state index contributed by atoms with van der Waals surface area (Å²) in [4.78, 5) is 11.0. The molecule has 19 heavy (non-hydrogen) atoms. The third kappa shape index (κ3) is 3.70. The molecule has 1 unspecified atom stereocenters. The highest BCUT2D eigenvalue weighted by Gasteiger charge is 2.20. The van der Waals surface area contributed by atoms with Crippen molar-refractivity contribution in [1.82, 2.24) is 0 Å². The molecule has 1 saturated heterocycles. The van der Waals surface area contributed by atoms with Crippen LogP contribution in [0.3, 0.4) is 0 Å². The van der Waals surface area contributed by atoms with E-state index in [2.05, 4.69) is 12.2 Å². The molecule has 1 aliphatic rings.